The lowest BCUT2D eigenvalue weighted by Gasteiger charge is -2.37. The lowest BCUT2D eigenvalue weighted by molar-refractivity contribution is -0.143. The van der Waals surface area contributed by atoms with Gasteiger partial charge in [-0.25, -0.2) is 10.4 Å². The SMILES string of the molecule is C=CC(C)(C)CN(C)[C@H](C(=O)N[C@@H](C)C(=O)N1CCC[C@@H](C(=O)NN(C)c2ccc3ccc(Br)cc3n2)N1)C(C)C. The monoisotopic (exact) mass is 629 g/mol. The molecule has 0 saturated carbocycles. The molecule has 2 heterocycles. The zero-order valence-corrected chi connectivity index (χ0v) is 26.8. The van der Waals surface area contributed by atoms with Gasteiger partial charge in [0.15, 0.2) is 0 Å². The molecule has 3 amide bonds. The summed E-state index contributed by atoms with van der Waals surface area (Å²) >= 11 is 3.47. The third-order valence-electron chi connectivity index (χ3n) is 7.34. The van der Waals surface area contributed by atoms with Crippen molar-refractivity contribution in [1.29, 1.82) is 0 Å². The number of halogens is 1. The van der Waals surface area contributed by atoms with Crippen LogP contribution >= 0.6 is 15.9 Å². The highest BCUT2D eigenvalue weighted by Crippen LogP contribution is 2.22. The van der Waals surface area contributed by atoms with E-state index in [4.69, 9.17) is 0 Å². The number of likely N-dealkylation sites (N-methyl/N-ethyl adjacent to an activating group) is 1. The van der Waals surface area contributed by atoms with Gasteiger partial charge in [0.2, 0.25) is 5.91 Å². The molecule has 11 heteroatoms. The molecule has 0 radical (unpaired) electrons. The van der Waals surface area contributed by atoms with Crippen molar-refractivity contribution in [2.24, 2.45) is 11.3 Å². The maximum absolute atomic E-state index is 13.3. The van der Waals surface area contributed by atoms with Crippen molar-refractivity contribution in [3.8, 4) is 0 Å². The molecular formula is C30H44BrN7O3. The van der Waals surface area contributed by atoms with Crippen molar-refractivity contribution >= 4 is 50.4 Å². The van der Waals surface area contributed by atoms with Gasteiger partial charge in [-0.1, -0.05) is 55.8 Å². The van der Waals surface area contributed by atoms with E-state index in [2.05, 4.69) is 57.5 Å². The smallest absolute Gasteiger partial charge is 0.258 e. The zero-order valence-electron chi connectivity index (χ0n) is 25.2. The summed E-state index contributed by atoms with van der Waals surface area (Å²) in [5.74, 6) is -0.136. The van der Waals surface area contributed by atoms with E-state index in [-0.39, 0.29) is 29.1 Å². The summed E-state index contributed by atoms with van der Waals surface area (Å²) in [6.45, 7) is 14.8. The number of pyridine rings is 1. The van der Waals surface area contributed by atoms with Crippen molar-refractivity contribution in [2.45, 2.75) is 65.6 Å². The Morgan fingerprint density at radius 1 is 1.22 bits per heavy atom. The predicted octanol–water partition coefficient (Wildman–Crippen LogP) is 3.63. The number of fused-ring (bicyclic) bond motifs is 1. The third kappa shape index (κ3) is 8.50. The first kappa shape index (κ1) is 32.5. The number of hydrogen-bond donors (Lipinski definition) is 3. The summed E-state index contributed by atoms with van der Waals surface area (Å²) in [5.41, 5.74) is 6.57. The Morgan fingerprint density at radius 2 is 1.90 bits per heavy atom. The zero-order chi connectivity index (χ0) is 30.5. The Hall–Kier alpha value is -3.02. The predicted molar refractivity (Wildman–Crippen MR) is 167 cm³/mol. The topological polar surface area (TPSA) is 110 Å². The molecule has 224 valence electrons. The fraction of sp³-hybridized carbons (Fsp3) is 0.533. The van der Waals surface area contributed by atoms with Gasteiger partial charge < -0.3 is 5.32 Å². The molecule has 0 unspecified atom stereocenters. The summed E-state index contributed by atoms with van der Waals surface area (Å²) in [5, 5.41) is 6.91. The summed E-state index contributed by atoms with van der Waals surface area (Å²) < 4.78 is 0.923. The van der Waals surface area contributed by atoms with Crippen molar-refractivity contribution in [1.82, 2.24) is 31.1 Å². The molecule has 1 aliphatic heterocycles. The van der Waals surface area contributed by atoms with Gasteiger partial charge in [-0.15, -0.1) is 6.58 Å². The lowest BCUT2D eigenvalue weighted by Crippen LogP contribution is -2.62. The number of carbonyl (C=O) groups is 3. The number of benzene rings is 1. The first-order chi connectivity index (χ1) is 19.2. The van der Waals surface area contributed by atoms with E-state index in [9.17, 15) is 14.4 Å². The van der Waals surface area contributed by atoms with Gasteiger partial charge in [0, 0.05) is 30.0 Å². The molecular weight excluding hydrogens is 586 g/mol. The average molecular weight is 631 g/mol. The Bertz CT molecular complexity index is 1270. The molecule has 1 saturated heterocycles. The van der Waals surface area contributed by atoms with Crippen molar-refractivity contribution in [2.75, 3.05) is 32.2 Å². The number of hydrazine groups is 2. The number of nitrogens with zero attached hydrogens (tertiary/aromatic N) is 4. The van der Waals surface area contributed by atoms with Crippen molar-refractivity contribution in [3.63, 3.8) is 0 Å². The van der Waals surface area contributed by atoms with Gasteiger partial charge >= 0.3 is 0 Å². The van der Waals surface area contributed by atoms with E-state index in [0.717, 1.165) is 15.4 Å². The quantitative estimate of drug-likeness (QED) is 0.257. The van der Waals surface area contributed by atoms with Gasteiger partial charge in [-0.05, 0) is 62.4 Å². The number of aromatic nitrogens is 1. The largest absolute Gasteiger partial charge is 0.343 e. The molecule has 10 nitrogen and oxygen atoms in total. The Kier molecular flexibility index (Phi) is 10.9. The molecule has 2 aromatic rings. The van der Waals surface area contributed by atoms with Crippen LogP contribution in [0.1, 0.15) is 47.5 Å². The molecule has 0 spiro atoms. The van der Waals surface area contributed by atoms with E-state index >= 15 is 0 Å². The highest BCUT2D eigenvalue weighted by molar-refractivity contribution is 9.10. The van der Waals surface area contributed by atoms with Crippen LogP contribution in [-0.4, -0.2) is 77.9 Å². The van der Waals surface area contributed by atoms with Gasteiger partial charge in [-0.2, -0.15) is 0 Å². The third-order valence-corrected chi connectivity index (χ3v) is 7.84. The van der Waals surface area contributed by atoms with Gasteiger partial charge in [-0.3, -0.25) is 34.7 Å². The number of hydrogen-bond acceptors (Lipinski definition) is 7. The van der Waals surface area contributed by atoms with Crippen LogP contribution in [0.2, 0.25) is 0 Å². The minimum absolute atomic E-state index is 0.0414. The van der Waals surface area contributed by atoms with Gasteiger partial charge in [0.1, 0.15) is 17.9 Å². The summed E-state index contributed by atoms with van der Waals surface area (Å²) in [6.07, 6.45) is 3.10. The molecule has 3 N–H and O–H groups in total. The normalized spacial score (nSPS) is 17.3. The molecule has 41 heavy (non-hydrogen) atoms. The Labute approximate surface area is 252 Å². The summed E-state index contributed by atoms with van der Waals surface area (Å²) in [4.78, 5) is 46.4. The molecule has 0 aliphatic carbocycles. The number of anilines is 1. The number of amides is 3. The van der Waals surface area contributed by atoms with Crippen LogP contribution in [0.25, 0.3) is 10.9 Å². The first-order valence-electron chi connectivity index (χ1n) is 14.0. The Balaban J connectivity index is 1.60. The maximum Gasteiger partial charge on any atom is 0.258 e. The second-order valence-corrected chi connectivity index (χ2v) is 12.8. The van der Waals surface area contributed by atoms with Crippen LogP contribution < -0.4 is 21.2 Å². The van der Waals surface area contributed by atoms with Crippen molar-refractivity contribution in [3.05, 3.63) is 47.5 Å². The second-order valence-electron chi connectivity index (χ2n) is 11.9. The molecule has 3 rings (SSSR count). The van der Waals surface area contributed by atoms with Gasteiger partial charge in [0.05, 0.1) is 11.6 Å². The maximum atomic E-state index is 13.3. The number of nitrogens with one attached hydrogen (secondary N) is 3. The highest BCUT2D eigenvalue weighted by atomic mass is 79.9. The van der Waals surface area contributed by atoms with Crippen LogP contribution in [-0.2, 0) is 14.4 Å². The van der Waals surface area contributed by atoms with Crippen LogP contribution in [0.5, 0.6) is 0 Å². The summed E-state index contributed by atoms with van der Waals surface area (Å²) in [6, 6.07) is 7.86. The van der Waals surface area contributed by atoms with E-state index in [0.29, 0.717) is 31.7 Å². The van der Waals surface area contributed by atoms with E-state index < -0.39 is 18.1 Å². The molecule has 1 aromatic carbocycles. The average Bonchev–Trinajstić information content (AvgIpc) is 2.91. The van der Waals surface area contributed by atoms with Crippen LogP contribution in [0, 0.1) is 11.3 Å². The highest BCUT2D eigenvalue weighted by Gasteiger charge is 2.34. The summed E-state index contributed by atoms with van der Waals surface area (Å²) in [7, 11) is 3.65. The molecule has 1 aromatic heterocycles. The van der Waals surface area contributed by atoms with Crippen LogP contribution in [0.3, 0.4) is 0 Å². The fourth-order valence-electron chi connectivity index (χ4n) is 5.11. The number of rotatable bonds is 11. The van der Waals surface area contributed by atoms with Crippen LogP contribution in [0.15, 0.2) is 47.5 Å². The van der Waals surface area contributed by atoms with Crippen molar-refractivity contribution < 1.29 is 14.4 Å². The van der Waals surface area contributed by atoms with E-state index in [1.54, 1.807) is 19.0 Å². The molecule has 3 atom stereocenters. The van der Waals surface area contributed by atoms with E-state index in [1.165, 1.54) is 5.01 Å². The lowest BCUT2D eigenvalue weighted by atomic mass is 9.91. The Morgan fingerprint density at radius 3 is 2.56 bits per heavy atom. The van der Waals surface area contributed by atoms with Gasteiger partial charge in [0.25, 0.3) is 11.8 Å². The first-order valence-corrected chi connectivity index (χ1v) is 14.8. The number of carbonyl (C=O) groups excluding carboxylic acids is 3. The molecule has 1 fully saturated rings. The fourth-order valence-corrected chi connectivity index (χ4v) is 5.46. The molecule has 1 aliphatic rings. The second kappa shape index (κ2) is 13.8. The van der Waals surface area contributed by atoms with Crippen LogP contribution in [0.4, 0.5) is 5.82 Å². The van der Waals surface area contributed by atoms with E-state index in [1.807, 2.05) is 62.2 Å². The minimum atomic E-state index is -0.761. The minimum Gasteiger partial charge on any atom is -0.343 e. The molecule has 0 bridgehead atoms. The standard InChI is InChI=1S/C30H44BrN7O3/c1-9-30(5,6)18-36(7)26(19(2)3)28(40)32-20(4)29(41)38-16-10-11-23(34-38)27(39)35-37(8)25-15-13-21-12-14-22(31)17-24(21)33-25/h9,12-15,17,19-20,23,26,34H,1,10-11,16,18H2,2-8H3,(H,32,40)(H,35,39)/t20-,23-,26-/m0/s1.